The highest BCUT2D eigenvalue weighted by molar-refractivity contribution is 5.84. The minimum atomic E-state index is -0.919. The van der Waals surface area contributed by atoms with Crippen molar-refractivity contribution in [2.75, 3.05) is 26.4 Å². The van der Waals surface area contributed by atoms with Crippen LogP contribution in [-0.4, -0.2) is 32.3 Å². The molecule has 0 amide bonds. The summed E-state index contributed by atoms with van der Waals surface area (Å²) in [5.41, 5.74) is 6.89. The van der Waals surface area contributed by atoms with E-state index in [1.807, 2.05) is 38.1 Å². The van der Waals surface area contributed by atoms with Crippen LogP contribution in [0.2, 0.25) is 0 Å². The summed E-state index contributed by atoms with van der Waals surface area (Å²) in [6, 6.07) is 7.76. The predicted octanol–water partition coefficient (Wildman–Crippen LogP) is 1.79. The van der Waals surface area contributed by atoms with Gasteiger partial charge in [0.15, 0.2) is 0 Å². The second-order valence-corrected chi connectivity index (χ2v) is 4.51. The molecule has 0 saturated carbocycles. The highest BCUT2D eigenvalue weighted by atomic mass is 16.5. The van der Waals surface area contributed by atoms with Gasteiger partial charge in [-0.15, -0.1) is 0 Å². The van der Waals surface area contributed by atoms with Crippen molar-refractivity contribution in [1.29, 1.82) is 0 Å². The first-order valence-electron chi connectivity index (χ1n) is 6.63. The molecule has 1 aromatic carbocycles. The number of esters is 1. The highest BCUT2D eigenvalue weighted by Gasteiger charge is 2.41. The number of aryl methyl sites for hydroxylation is 1. The van der Waals surface area contributed by atoms with Crippen molar-refractivity contribution in [3.8, 4) is 0 Å². The van der Waals surface area contributed by atoms with Crippen LogP contribution in [0, 0.1) is 6.92 Å². The fourth-order valence-electron chi connectivity index (χ4n) is 2.01. The van der Waals surface area contributed by atoms with Gasteiger partial charge in [-0.05, 0) is 26.3 Å². The maximum absolute atomic E-state index is 12.3. The van der Waals surface area contributed by atoms with Gasteiger partial charge in [-0.1, -0.05) is 29.8 Å². The number of rotatable bonds is 7. The molecule has 0 heterocycles. The zero-order valence-electron chi connectivity index (χ0n) is 11.9. The summed E-state index contributed by atoms with van der Waals surface area (Å²) in [6.45, 7) is 6.93. The van der Waals surface area contributed by atoms with Crippen LogP contribution in [0.3, 0.4) is 0 Å². The van der Waals surface area contributed by atoms with Gasteiger partial charge in [0.05, 0.1) is 13.2 Å². The Morgan fingerprint density at radius 3 is 2.58 bits per heavy atom. The topological polar surface area (TPSA) is 61.5 Å². The van der Waals surface area contributed by atoms with Gasteiger partial charge in [-0.25, -0.2) is 0 Å². The van der Waals surface area contributed by atoms with Crippen LogP contribution in [-0.2, 0) is 19.7 Å². The molecule has 0 aromatic heterocycles. The first-order valence-corrected chi connectivity index (χ1v) is 6.63. The van der Waals surface area contributed by atoms with Crippen LogP contribution in [0.25, 0.3) is 0 Å². The summed E-state index contributed by atoms with van der Waals surface area (Å²) in [5.74, 6) is -0.323. The van der Waals surface area contributed by atoms with Gasteiger partial charge in [0.1, 0.15) is 5.41 Å². The predicted molar refractivity (Wildman–Crippen MR) is 75.0 cm³/mol. The third-order valence-electron chi connectivity index (χ3n) is 3.14. The van der Waals surface area contributed by atoms with Crippen LogP contribution >= 0.6 is 0 Å². The second-order valence-electron chi connectivity index (χ2n) is 4.51. The van der Waals surface area contributed by atoms with Crippen molar-refractivity contribution >= 4 is 5.97 Å². The number of benzene rings is 1. The van der Waals surface area contributed by atoms with E-state index >= 15 is 0 Å². The van der Waals surface area contributed by atoms with E-state index in [0.717, 1.165) is 11.1 Å². The van der Waals surface area contributed by atoms with E-state index in [2.05, 4.69) is 0 Å². The molecule has 0 radical (unpaired) electrons. The van der Waals surface area contributed by atoms with Crippen LogP contribution in [0.4, 0.5) is 0 Å². The van der Waals surface area contributed by atoms with Gasteiger partial charge < -0.3 is 15.2 Å². The third kappa shape index (κ3) is 3.55. The summed E-state index contributed by atoms with van der Waals surface area (Å²) in [6.07, 6.45) is 0. The quantitative estimate of drug-likeness (QED) is 0.764. The molecule has 19 heavy (non-hydrogen) atoms. The van der Waals surface area contributed by atoms with E-state index in [1.54, 1.807) is 6.92 Å². The molecular weight excluding hydrogens is 242 g/mol. The number of nitrogens with two attached hydrogens (primary N) is 1. The first-order chi connectivity index (χ1) is 9.10. The normalized spacial score (nSPS) is 13.9. The summed E-state index contributed by atoms with van der Waals surface area (Å²) in [5, 5.41) is 0. The van der Waals surface area contributed by atoms with Crippen molar-refractivity contribution in [2.45, 2.75) is 26.2 Å². The van der Waals surface area contributed by atoms with E-state index in [9.17, 15) is 4.79 Å². The standard InChI is InChI=1S/C15H23NO3/c1-4-18-11-15(10-16,14(17)19-5-2)13-8-6-7-12(3)9-13/h6-9H,4-5,10-11,16H2,1-3H3. The Labute approximate surface area is 114 Å². The maximum atomic E-state index is 12.3. The Hall–Kier alpha value is -1.39. The average molecular weight is 265 g/mol. The summed E-state index contributed by atoms with van der Waals surface area (Å²) in [4.78, 5) is 12.3. The monoisotopic (exact) mass is 265 g/mol. The number of hydrogen-bond acceptors (Lipinski definition) is 4. The Balaban J connectivity index is 3.18. The molecule has 0 fully saturated rings. The molecule has 1 unspecified atom stereocenters. The number of carbonyl (C=O) groups excluding carboxylic acids is 1. The molecule has 0 aliphatic rings. The molecule has 0 aliphatic carbocycles. The van der Waals surface area contributed by atoms with Gasteiger partial charge in [-0.3, -0.25) is 4.79 Å². The molecule has 1 rings (SSSR count). The molecule has 4 nitrogen and oxygen atoms in total. The van der Waals surface area contributed by atoms with Crippen molar-refractivity contribution in [2.24, 2.45) is 5.73 Å². The summed E-state index contributed by atoms with van der Waals surface area (Å²) in [7, 11) is 0. The molecule has 1 atom stereocenters. The Bertz CT molecular complexity index is 420. The molecule has 0 aliphatic heterocycles. The largest absolute Gasteiger partial charge is 0.465 e. The minimum absolute atomic E-state index is 0.162. The third-order valence-corrected chi connectivity index (χ3v) is 3.14. The van der Waals surface area contributed by atoms with Crippen LogP contribution in [0.1, 0.15) is 25.0 Å². The Morgan fingerprint density at radius 2 is 2.05 bits per heavy atom. The van der Waals surface area contributed by atoms with Crippen LogP contribution in [0.15, 0.2) is 24.3 Å². The smallest absolute Gasteiger partial charge is 0.320 e. The van der Waals surface area contributed by atoms with Gasteiger partial charge in [-0.2, -0.15) is 0 Å². The second kappa shape index (κ2) is 7.26. The van der Waals surface area contributed by atoms with Crippen molar-refractivity contribution < 1.29 is 14.3 Å². The molecule has 4 heteroatoms. The van der Waals surface area contributed by atoms with Crippen molar-refractivity contribution in [1.82, 2.24) is 0 Å². The number of hydrogen-bond donors (Lipinski definition) is 1. The lowest BCUT2D eigenvalue weighted by Crippen LogP contribution is -2.48. The Kier molecular flexibility index (Phi) is 5.99. The lowest BCUT2D eigenvalue weighted by Gasteiger charge is -2.30. The van der Waals surface area contributed by atoms with Gasteiger partial charge >= 0.3 is 5.97 Å². The summed E-state index contributed by atoms with van der Waals surface area (Å²) < 4.78 is 10.7. The number of carbonyl (C=O) groups is 1. The van der Waals surface area contributed by atoms with Crippen LogP contribution < -0.4 is 5.73 Å². The first kappa shape index (κ1) is 15.7. The molecular formula is C15H23NO3. The fourth-order valence-corrected chi connectivity index (χ4v) is 2.01. The SMILES string of the molecule is CCOCC(CN)(C(=O)OCC)c1cccc(C)c1. The van der Waals surface area contributed by atoms with E-state index in [-0.39, 0.29) is 19.1 Å². The Morgan fingerprint density at radius 1 is 1.32 bits per heavy atom. The molecule has 2 N–H and O–H groups in total. The van der Waals surface area contributed by atoms with Crippen molar-refractivity contribution in [3.63, 3.8) is 0 Å². The van der Waals surface area contributed by atoms with Crippen LogP contribution in [0.5, 0.6) is 0 Å². The summed E-state index contributed by atoms with van der Waals surface area (Å²) >= 11 is 0. The lowest BCUT2D eigenvalue weighted by atomic mass is 9.80. The lowest BCUT2D eigenvalue weighted by molar-refractivity contribution is -0.152. The zero-order valence-corrected chi connectivity index (χ0v) is 11.9. The fraction of sp³-hybridized carbons (Fsp3) is 0.533. The molecule has 106 valence electrons. The zero-order chi connectivity index (χ0) is 14.3. The van der Waals surface area contributed by atoms with Gasteiger partial charge in [0.2, 0.25) is 0 Å². The molecule has 0 spiro atoms. The van der Waals surface area contributed by atoms with Gasteiger partial charge in [0.25, 0.3) is 0 Å². The van der Waals surface area contributed by atoms with Gasteiger partial charge in [0, 0.05) is 13.2 Å². The molecule has 0 bridgehead atoms. The van der Waals surface area contributed by atoms with E-state index in [4.69, 9.17) is 15.2 Å². The highest BCUT2D eigenvalue weighted by Crippen LogP contribution is 2.26. The van der Waals surface area contributed by atoms with Crippen molar-refractivity contribution in [3.05, 3.63) is 35.4 Å². The van der Waals surface area contributed by atoms with E-state index in [1.165, 1.54) is 0 Å². The van der Waals surface area contributed by atoms with E-state index in [0.29, 0.717) is 13.2 Å². The molecule has 1 aromatic rings. The minimum Gasteiger partial charge on any atom is -0.465 e. The maximum Gasteiger partial charge on any atom is 0.320 e. The molecule has 0 saturated heterocycles. The van der Waals surface area contributed by atoms with E-state index < -0.39 is 5.41 Å². The average Bonchev–Trinajstić information content (AvgIpc) is 2.40. The number of ether oxygens (including phenoxy) is 2.